The van der Waals surface area contributed by atoms with Gasteiger partial charge in [0.25, 0.3) is 0 Å². The van der Waals surface area contributed by atoms with Crippen molar-refractivity contribution in [3.05, 3.63) is 6.20 Å². The molecule has 0 saturated heterocycles. The van der Waals surface area contributed by atoms with E-state index in [1.807, 2.05) is 0 Å². The van der Waals surface area contributed by atoms with E-state index >= 15 is 0 Å². The molecule has 5 nitrogen and oxygen atoms in total. The van der Waals surface area contributed by atoms with E-state index in [0.29, 0.717) is 24.5 Å². The maximum atomic E-state index is 8.51. The molecule has 12 heavy (non-hydrogen) atoms. The number of halogens is 1. The van der Waals surface area contributed by atoms with Gasteiger partial charge in [0.1, 0.15) is 5.82 Å². The van der Waals surface area contributed by atoms with Crippen LogP contribution in [0, 0.1) is 0 Å². The zero-order valence-corrected chi connectivity index (χ0v) is 8.32. The van der Waals surface area contributed by atoms with Crippen LogP contribution in [0.4, 0.5) is 11.5 Å². The lowest BCUT2D eigenvalue weighted by Crippen LogP contribution is -2.06. The zero-order valence-electron chi connectivity index (χ0n) is 6.60. The lowest BCUT2D eigenvalue weighted by Gasteiger charge is -2.01. The van der Waals surface area contributed by atoms with Crippen LogP contribution < -0.4 is 11.5 Å². The second-order valence-electron chi connectivity index (χ2n) is 2.29. The van der Waals surface area contributed by atoms with E-state index in [0.717, 1.165) is 0 Å². The van der Waals surface area contributed by atoms with Crippen LogP contribution >= 0.6 is 17.0 Å². The van der Waals surface area contributed by atoms with Crippen molar-refractivity contribution in [3.8, 4) is 0 Å². The molecule has 0 radical (unpaired) electrons. The third kappa shape index (κ3) is 2.38. The fourth-order valence-electron chi connectivity index (χ4n) is 0.808. The minimum absolute atomic E-state index is 0. The average molecular weight is 237 g/mol. The summed E-state index contributed by atoms with van der Waals surface area (Å²) in [7, 11) is 0. The van der Waals surface area contributed by atoms with Gasteiger partial charge >= 0.3 is 0 Å². The number of aliphatic hydroxyl groups excluding tert-OH is 1. The highest BCUT2D eigenvalue weighted by Gasteiger charge is 2.01. The van der Waals surface area contributed by atoms with Crippen LogP contribution in [0.2, 0.25) is 0 Å². The second kappa shape index (κ2) is 5.00. The Morgan fingerprint density at radius 2 is 2.17 bits per heavy atom. The number of hydrogen-bond donors (Lipinski definition) is 3. The minimum atomic E-state index is 0. The van der Waals surface area contributed by atoms with E-state index in [9.17, 15) is 0 Å². The Labute approximate surface area is 81.1 Å². The van der Waals surface area contributed by atoms with Crippen molar-refractivity contribution in [2.75, 3.05) is 18.1 Å². The summed E-state index contributed by atoms with van der Waals surface area (Å²) in [5.41, 5.74) is 11.5. The number of nitrogen functional groups attached to an aromatic ring is 2. The third-order valence-corrected chi connectivity index (χ3v) is 1.44. The average Bonchev–Trinajstić information content (AvgIpc) is 2.31. The van der Waals surface area contributed by atoms with Gasteiger partial charge in [-0.25, -0.2) is 4.68 Å². The second-order valence-corrected chi connectivity index (χ2v) is 2.29. The first kappa shape index (κ1) is 11.2. The molecule has 0 atom stereocenters. The summed E-state index contributed by atoms with van der Waals surface area (Å²) in [6.07, 6.45) is 2.15. The molecule has 0 bridgehead atoms. The van der Waals surface area contributed by atoms with E-state index in [-0.39, 0.29) is 23.6 Å². The molecule has 1 heterocycles. The molecule has 0 fully saturated rings. The summed E-state index contributed by atoms with van der Waals surface area (Å²) in [6.45, 7) is 0.749. The van der Waals surface area contributed by atoms with Gasteiger partial charge in [0.05, 0.1) is 11.9 Å². The summed E-state index contributed by atoms with van der Waals surface area (Å²) >= 11 is 0. The van der Waals surface area contributed by atoms with Crippen LogP contribution in [0.15, 0.2) is 6.20 Å². The Morgan fingerprint density at radius 3 is 2.58 bits per heavy atom. The van der Waals surface area contributed by atoms with E-state index in [4.69, 9.17) is 16.6 Å². The highest BCUT2D eigenvalue weighted by atomic mass is 79.9. The fourth-order valence-corrected chi connectivity index (χ4v) is 0.808. The maximum absolute atomic E-state index is 8.51. The van der Waals surface area contributed by atoms with E-state index in [2.05, 4.69) is 5.10 Å². The number of anilines is 2. The summed E-state index contributed by atoms with van der Waals surface area (Å²) < 4.78 is 1.57. The Morgan fingerprint density at radius 1 is 1.50 bits per heavy atom. The summed E-state index contributed by atoms with van der Waals surface area (Å²) in [4.78, 5) is 0. The highest BCUT2D eigenvalue weighted by molar-refractivity contribution is 8.93. The predicted molar refractivity (Wildman–Crippen MR) is 53.1 cm³/mol. The molecule has 0 amide bonds. The zero-order chi connectivity index (χ0) is 8.27. The van der Waals surface area contributed by atoms with Gasteiger partial charge in [-0.15, -0.1) is 17.0 Å². The van der Waals surface area contributed by atoms with Gasteiger partial charge in [0.2, 0.25) is 0 Å². The molecule has 0 spiro atoms. The number of hydrogen-bond acceptors (Lipinski definition) is 4. The number of nitrogens with zero attached hydrogens (tertiary/aromatic N) is 2. The SMILES string of the molecule is Br.Nc1cnn(CCCO)c1N. The molecule has 6 heteroatoms. The van der Waals surface area contributed by atoms with Crippen molar-refractivity contribution < 1.29 is 5.11 Å². The van der Waals surface area contributed by atoms with Crippen molar-refractivity contribution in [2.45, 2.75) is 13.0 Å². The molecule has 1 aromatic heterocycles. The van der Waals surface area contributed by atoms with Crippen molar-refractivity contribution in [1.29, 1.82) is 0 Å². The van der Waals surface area contributed by atoms with Crippen LogP contribution in [-0.2, 0) is 6.54 Å². The molecule has 0 aromatic carbocycles. The van der Waals surface area contributed by atoms with Gasteiger partial charge in [-0.3, -0.25) is 0 Å². The van der Waals surface area contributed by atoms with Crippen LogP contribution in [-0.4, -0.2) is 21.5 Å². The lowest BCUT2D eigenvalue weighted by atomic mass is 10.4. The first-order chi connectivity index (χ1) is 5.25. The van der Waals surface area contributed by atoms with Gasteiger partial charge in [-0.05, 0) is 6.42 Å². The molecular weight excluding hydrogens is 224 g/mol. The normalized spacial score (nSPS) is 9.42. The van der Waals surface area contributed by atoms with Crippen molar-refractivity contribution >= 4 is 28.5 Å². The predicted octanol–water partition coefficient (Wildman–Crippen LogP) is 0.00780. The number of rotatable bonds is 3. The molecular formula is C6H13BrN4O. The molecule has 1 aromatic rings. The third-order valence-electron chi connectivity index (χ3n) is 1.44. The molecule has 1 rings (SSSR count). The number of aryl methyl sites for hydroxylation is 1. The van der Waals surface area contributed by atoms with E-state index in [1.54, 1.807) is 4.68 Å². The molecule has 0 aliphatic carbocycles. The first-order valence-electron chi connectivity index (χ1n) is 3.43. The molecule has 5 N–H and O–H groups in total. The van der Waals surface area contributed by atoms with Crippen molar-refractivity contribution in [1.82, 2.24) is 9.78 Å². The van der Waals surface area contributed by atoms with Gasteiger partial charge in [-0.1, -0.05) is 0 Å². The first-order valence-corrected chi connectivity index (χ1v) is 3.43. The van der Waals surface area contributed by atoms with Crippen LogP contribution in [0.5, 0.6) is 0 Å². The molecule has 0 saturated carbocycles. The highest BCUT2D eigenvalue weighted by Crippen LogP contribution is 2.12. The molecule has 0 aliphatic heterocycles. The summed E-state index contributed by atoms with van der Waals surface area (Å²) in [5.74, 6) is 0.471. The van der Waals surface area contributed by atoms with Gasteiger partial charge in [0, 0.05) is 13.2 Å². The fraction of sp³-hybridized carbons (Fsp3) is 0.500. The maximum Gasteiger partial charge on any atom is 0.145 e. The number of aromatic nitrogens is 2. The van der Waals surface area contributed by atoms with Gasteiger partial charge in [0.15, 0.2) is 0 Å². The Hall–Kier alpha value is -0.750. The smallest absolute Gasteiger partial charge is 0.145 e. The largest absolute Gasteiger partial charge is 0.396 e. The Bertz CT molecular complexity index is 237. The summed E-state index contributed by atoms with van der Waals surface area (Å²) in [5, 5.41) is 12.4. The summed E-state index contributed by atoms with van der Waals surface area (Å²) in [6, 6.07) is 0. The number of nitrogens with two attached hydrogens (primary N) is 2. The van der Waals surface area contributed by atoms with Crippen LogP contribution in [0.3, 0.4) is 0 Å². The van der Waals surface area contributed by atoms with Crippen LogP contribution in [0.25, 0.3) is 0 Å². The Kier molecular flexibility index (Phi) is 4.68. The van der Waals surface area contributed by atoms with Crippen molar-refractivity contribution in [2.24, 2.45) is 0 Å². The van der Waals surface area contributed by atoms with Crippen LogP contribution in [0.1, 0.15) is 6.42 Å². The topological polar surface area (TPSA) is 90.1 Å². The lowest BCUT2D eigenvalue weighted by molar-refractivity contribution is 0.277. The standard InChI is InChI=1S/C6H12N4O.BrH/c7-5-4-9-10(6(5)8)2-1-3-11;/h4,11H,1-3,7-8H2;1H. The van der Waals surface area contributed by atoms with Crippen molar-refractivity contribution in [3.63, 3.8) is 0 Å². The molecule has 0 unspecified atom stereocenters. The minimum Gasteiger partial charge on any atom is -0.396 e. The molecule has 70 valence electrons. The van der Waals surface area contributed by atoms with Gasteiger partial charge in [-0.2, -0.15) is 5.10 Å². The molecule has 0 aliphatic rings. The van der Waals surface area contributed by atoms with E-state index in [1.165, 1.54) is 6.20 Å². The Balaban J connectivity index is 0.00000121. The monoisotopic (exact) mass is 236 g/mol. The quantitative estimate of drug-likeness (QED) is 0.690. The number of aliphatic hydroxyl groups is 1. The van der Waals surface area contributed by atoms with E-state index < -0.39 is 0 Å². The van der Waals surface area contributed by atoms with Gasteiger partial charge < -0.3 is 16.6 Å².